The molecule has 1 atom stereocenters. The second-order valence-electron chi connectivity index (χ2n) is 4.60. The van der Waals surface area contributed by atoms with Crippen molar-refractivity contribution in [3.8, 4) is 0 Å². The van der Waals surface area contributed by atoms with Gasteiger partial charge in [0.05, 0.1) is 18.1 Å². The smallest absolute Gasteiger partial charge is 0.190 e. The molecule has 19 heavy (non-hydrogen) atoms. The molecule has 0 spiro atoms. The third kappa shape index (κ3) is 3.00. The van der Waals surface area contributed by atoms with Crippen LogP contribution in [-0.4, -0.2) is 53.5 Å². The highest BCUT2D eigenvalue weighted by molar-refractivity contribution is 7.99. The van der Waals surface area contributed by atoms with Crippen molar-refractivity contribution >= 4 is 39.1 Å². The number of hydrogen-bond donors (Lipinski definition) is 1. The Kier molecular flexibility index (Phi) is 3.88. The van der Waals surface area contributed by atoms with Gasteiger partial charge in [-0.1, -0.05) is 11.8 Å². The highest BCUT2D eigenvalue weighted by Crippen LogP contribution is 2.26. The zero-order chi connectivity index (χ0) is 13.2. The third-order valence-electron chi connectivity index (χ3n) is 3.07. The molecule has 1 fully saturated rings. The van der Waals surface area contributed by atoms with Crippen LogP contribution in [0, 0.1) is 0 Å². The number of fused-ring (bicyclic) bond motifs is 1. The van der Waals surface area contributed by atoms with Gasteiger partial charge in [-0.15, -0.1) is 11.3 Å². The van der Waals surface area contributed by atoms with E-state index in [4.69, 9.17) is 10.5 Å². The highest BCUT2D eigenvalue weighted by Gasteiger charge is 2.18. The first-order valence-corrected chi connectivity index (χ1v) is 8.02. The molecule has 2 N–H and O–H groups in total. The van der Waals surface area contributed by atoms with Gasteiger partial charge >= 0.3 is 0 Å². The van der Waals surface area contributed by atoms with Crippen molar-refractivity contribution in [3.05, 3.63) is 11.4 Å². The van der Waals surface area contributed by atoms with Crippen LogP contribution in [0.25, 0.3) is 10.2 Å². The summed E-state index contributed by atoms with van der Waals surface area (Å²) in [4.78, 5) is 12.1. The van der Waals surface area contributed by atoms with Crippen LogP contribution in [0.5, 0.6) is 0 Å². The maximum Gasteiger partial charge on any atom is 0.190 e. The molecule has 0 bridgehead atoms. The van der Waals surface area contributed by atoms with Gasteiger partial charge in [0.2, 0.25) is 0 Å². The van der Waals surface area contributed by atoms with Gasteiger partial charge in [0, 0.05) is 18.8 Å². The summed E-state index contributed by atoms with van der Waals surface area (Å²) in [5, 5.41) is 3.68. The van der Waals surface area contributed by atoms with Crippen molar-refractivity contribution in [3.63, 3.8) is 0 Å². The minimum atomic E-state index is 0.243. The summed E-state index contributed by atoms with van der Waals surface area (Å²) in [5.41, 5.74) is 5.94. The Morgan fingerprint density at radius 3 is 3.32 bits per heavy atom. The summed E-state index contributed by atoms with van der Waals surface area (Å²) >= 11 is 3.21. The fraction of sp³-hybridized carbons (Fsp3) is 0.500. The minimum absolute atomic E-state index is 0.243. The van der Waals surface area contributed by atoms with Crippen LogP contribution in [0.4, 0.5) is 5.82 Å². The number of anilines is 1. The molecule has 5 nitrogen and oxygen atoms in total. The van der Waals surface area contributed by atoms with Crippen molar-refractivity contribution in [2.45, 2.75) is 11.3 Å². The van der Waals surface area contributed by atoms with E-state index in [1.165, 1.54) is 0 Å². The summed E-state index contributed by atoms with van der Waals surface area (Å²) < 4.78 is 5.73. The van der Waals surface area contributed by atoms with Gasteiger partial charge in [-0.25, -0.2) is 9.97 Å². The number of ether oxygens (including phenoxy) is 1. The second kappa shape index (κ2) is 5.62. The van der Waals surface area contributed by atoms with Crippen molar-refractivity contribution in [1.82, 2.24) is 14.9 Å². The number of nitrogens with zero attached hydrogens (tertiary/aromatic N) is 3. The molecule has 0 aromatic carbocycles. The first-order chi connectivity index (χ1) is 9.22. The number of rotatable bonds is 3. The fourth-order valence-electron chi connectivity index (χ4n) is 2.06. The van der Waals surface area contributed by atoms with E-state index in [1.807, 2.05) is 11.4 Å². The zero-order valence-corrected chi connectivity index (χ0v) is 12.3. The molecule has 0 saturated carbocycles. The van der Waals surface area contributed by atoms with E-state index in [0.717, 1.165) is 40.8 Å². The topological polar surface area (TPSA) is 64.3 Å². The number of likely N-dealkylation sites (N-methyl/N-ethyl adjacent to an activating group) is 1. The SMILES string of the molecule is CN1CCOC(CSc2nc(N)c3ccsc3n2)C1. The van der Waals surface area contributed by atoms with Crippen LogP contribution in [0.15, 0.2) is 16.6 Å². The average Bonchev–Trinajstić information content (AvgIpc) is 2.85. The number of nitrogens with two attached hydrogens (primary N) is 1. The molecule has 0 amide bonds. The Balaban J connectivity index is 1.67. The number of thioether (sulfide) groups is 1. The Labute approximate surface area is 120 Å². The van der Waals surface area contributed by atoms with Crippen molar-refractivity contribution in [2.75, 3.05) is 38.2 Å². The van der Waals surface area contributed by atoms with E-state index >= 15 is 0 Å². The van der Waals surface area contributed by atoms with Gasteiger partial charge in [-0.2, -0.15) is 0 Å². The average molecular weight is 296 g/mol. The van der Waals surface area contributed by atoms with Crippen LogP contribution in [0.1, 0.15) is 0 Å². The van der Waals surface area contributed by atoms with Gasteiger partial charge in [-0.3, -0.25) is 0 Å². The van der Waals surface area contributed by atoms with Crippen LogP contribution in [0.3, 0.4) is 0 Å². The second-order valence-corrected chi connectivity index (χ2v) is 6.48. The number of hydrogen-bond acceptors (Lipinski definition) is 7. The maximum absolute atomic E-state index is 5.94. The third-order valence-corrected chi connectivity index (χ3v) is 4.86. The van der Waals surface area contributed by atoms with Gasteiger partial charge in [0.25, 0.3) is 0 Å². The molecule has 1 saturated heterocycles. The number of aromatic nitrogens is 2. The maximum atomic E-state index is 5.94. The summed E-state index contributed by atoms with van der Waals surface area (Å²) in [6.45, 7) is 2.77. The molecule has 2 aromatic rings. The predicted molar refractivity (Wildman–Crippen MR) is 79.8 cm³/mol. The Morgan fingerprint density at radius 1 is 1.58 bits per heavy atom. The van der Waals surface area contributed by atoms with Crippen LogP contribution in [0.2, 0.25) is 0 Å². The number of thiophene rings is 1. The first kappa shape index (κ1) is 13.1. The van der Waals surface area contributed by atoms with Crippen molar-refractivity contribution in [1.29, 1.82) is 0 Å². The molecule has 102 valence electrons. The molecule has 0 aliphatic carbocycles. The molecule has 3 heterocycles. The van der Waals surface area contributed by atoms with E-state index in [0.29, 0.717) is 5.82 Å². The Morgan fingerprint density at radius 2 is 2.47 bits per heavy atom. The van der Waals surface area contributed by atoms with E-state index in [9.17, 15) is 0 Å². The normalized spacial score (nSPS) is 21.0. The molecule has 1 aliphatic heterocycles. The lowest BCUT2D eigenvalue weighted by molar-refractivity contribution is -0.00600. The monoisotopic (exact) mass is 296 g/mol. The quantitative estimate of drug-likeness (QED) is 0.687. The molecule has 7 heteroatoms. The standard InChI is InChI=1S/C12H16N4OS2/c1-16-3-4-17-8(6-16)7-19-12-14-10(13)9-2-5-18-11(9)15-12/h2,5,8H,3-4,6-7H2,1H3,(H2,13,14,15). The summed E-state index contributed by atoms with van der Waals surface area (Å²) in [6.07, 6.45) is 0.243. The van der Waals surface area contributed by atoms with Gasteiger partial charge < -0.3 is 15.4 Å². The predicted octanol–water partition coefficient (Wildman–Crippen LogP) is 1.70. The molecule has 0 radical (unpaired) electrons. The van der Waals surface area contributed by atoms with E-state index in [-0.39, 0.29) is 6.10 Å². The van der Waals surface area contributed by atoms with E-state index in [1.54, 1.807) is 23.1 Å². The van der Waals surface area contributed by atoms with E-state index in [2.05, 4.69) is 21.9 Å². The number of nitrogen functional groups attached to an aromatic ring is 1. The Hall–Kier alpha value is -0.890. The van der Waals surface area contributed by atoms with Gasteiger partial charge in [0.15, 0.2) is 5.16 Å². The lowest BCUT2D eigenvalue weighted by atomic mass is 10.3. The summed E-state index contributed by atoms with van der Waals surface area (Å²) in [7, 11) is 2.12. The summed E-state index contributed by atoms with van der Waals surface area (Å²) in [5.74, 6) is 1.43. The molecular formula is C12H16N4OS2. The fourth-order valence-corrected chi connectivity index (χ4v) is 3.74. The zero-order valence-electron chi connectivity index (χ0n) is 10.7. The van der Waals surface area contributed by atoms with Crippen LogP contribution < -0.4 is 5.73 Å². The molecule has 3 rings (SSSR count). The van der Waals surface area contributed by atoms with Crippen molar-refractivity contribution in [2.24, 2.45) is 0 Å². The van der Waals surface area contributed by atoms with Crippen molar-refractivity contribution < 1.29 is 4.74 Å². The molecule has 1 unspecified atom stereocenters. The Bertz CT molecular complexity index is 574. The lowest BCUT2D eigenvalue weighted by Crippen LogP contribution is -2.41. The first-order valence-electron chi connectivity index (χ1n) is 6.16. The number of morpholine rings is 1. The van der Waals surface area contributed by atoms with Gasteiger partial charge in [0.1, 0.15) is 10.6 Å². The lowest BCUT2D eigenvalue weighted by Gasteiger charge is -2.29. The molecular weight excluding hydrogens is 280 g/mol. The minimum Gasteiger partial charge on any atom is -0.383 e. The van der Waals surface area contributed by atoms with Gasteiger partial charge in [-0.05, 0) is 18.5 Å². The van der Waals surface area contributed by atoms with E-state index < -0.39 is 0 Å². The molecule has 2 aromatic heterocycles. The molecule has 1 aliphatic rings. The largest absolute Gasteiger partial charge is 0.383 e. The van der Waals surface area contributed by atoms with Crippen LogP contribution >= 0.6 is 23.1 Å². The highest BCUT2D eigenvalue weighted by atomic mass is 32.2. The summed E-state index contributed by atoms with van der Waals surface area (Å²) in [6, 6.07) is 1.96. The van der Waals surface area contributed by atoms with Crippen LogP contribution in [-0.2, 0) is 4.74 Å².